The van der Waals surface area contributed by atoms with E-state index < -0.39 is 11.9 Å². The zero-order chi connectivity index (χ0) is 13.5. The van der Waals surface area contributed by atoms with Crippen molar-refractivity contribution in [3.8, 4) is 0 Å². The van der Waals surface area contributed by atoms with Crippen LogP contribution in [0.3, 0.4) is 0 Å². The lowest BCUT2D eigenvalue weighted by Crippen LogP contribution is -2.28. The van der Waals surface area contributed by atoms with Crippen molar-refractivity contribution in [1.29, 1.82) is 0 Å². The van der Waals surface area contributed by atoms with E-state index in [4.69, 9.17) is 5.11 Å². The minimum absolute atomic E-state index is 0.0313. The molecule has 4 nitrogen and oxygen atoms in total. The first-order chi connectivity index (χ1) is 8.50. The molecule has 100 valence electrons. The van der Waals surface area contributed by atoms with Crippen LogP contribution in [0.2, 0.25) is 0 Å². The lowest BCUT2D eigenvalue weighted by molar-refractivity contribution is -0.140. The van der Waals surface area contributed by atoms with Gasteiger partial charge in [0.1, 0.15) is 0 Å². The summed E-state index contributed by atoms with van der Waals surface area (Å²) in [5.41, 5.74) is 1.12. The lowest BCUT2D eigenvalue weighted by atomic mass is 10.2. The Labute approximate surface area is 115 Å². The van der Waals surface area contributed by atoms with Crippen molar-refractivity contribution in [2.24, 2.45) is 5.92 Å². The smallest absolute Gasteiger partial charge is 0.307 e. The van der Waals surface area contributed by atoms with Gasteiger partial charge >= 0.3 is 5.97 Å². The van der Waals surface area contributed by atoms with Crippen LogP contribution in [0.1, 0.15) is 12.5 Å². The second-order valence-electron chi connectivity index (χ2n) is 4.14. The van der Waals surface area contributed by atoms with Crippen molar-refractivity contribution < 1.29 is 14.7 Å². The number of hydrogen-bond donors (Lipinski definition) is 1. The Morgan fingerprint density at radius 1 is 1.56 bits per heavy atom. The van der Waals surface area contributed by atoms with Crippen LogP contribution in [0.25, 0.3) is 0 Å². The monoisotopic (exact) mass is 287 g/mol. The molecule has 18 heavy (non-hydrogen) atoms. The van der Waals surface area contributed by atoms with Crippen molar-refractivity contribution in [3.63, 3.8) is 0 Å². The molecule has 0 aliphatic rings. The number of carboxylic acid groups (broad SMARTS) is 1. The molecule has 6 heteroatoms. The van der Waals surface area contributed by atoms with Gasteiger partial charge in [0, 0.05) is 19.3 Å². The summed E-state index contributed by atoms with van der Waals surface area (Å²) in [6.45, 7) is 2.26. The van der Waals surface area contributed by atoms with Gasteiger partial charge in [-0.2, -0.15) is 23.1 Å². The number of aliphatic carboxylic acids is 1. The molecule has 1 amide bonds. The zero-order valence-corrected chi connectivity index (χ0v) is 12.1. The summed E-state index contributed by atoms with van der Waals surface area (Å²) in [6.07, 6.45) is 0. The average Bonchev–Trinajstić information content (AvgIpc) is 2.81. The Balaban J connectivity index is 2.26. The van der Waals surface area contributed by atoms with Crippen LogP contribution in [0.5, 0.6) is 0 Å². The highest BCUT2D eigenvalue weighted by atomic mass is 32.2. The number of carboxylic acids is 1. The Hall–Kier alpha value is -1.01. The first-order valence-electron chi connectivity index (χ1n) is 5.56. The maximum Gasteiger partial charge on any atom is 0.307 e. The summed E-state index contributed by atoms with van der Waals surface area (Å²) < 4.78 is 0. The third-order valence-electron chi connectivity index (χ3n) is 2.44. The molecule has 0 spiro atoms. The summed E-state index contributed by atoms with van der Waals surface area (Å²) in [7, 11) is 1.77. The molecule has 1 aromatic heterocycles. The minimum Gasteiger partial charge on any atom is -0.481 e. The summed E-state index contributed by atoms with van der Waals surface area (Å²) in [5.74, 6) is -0.402. The number of thiophene rings is 1. The molecule has 1 rings (SSSR count). The summed E-state index contributed by atoms with van der Waals surface area (Å²) in [5, 5.41) is 12.7. The molecular formula is C12H17NO3S2. The van der Waals surface area contributed by atoms with E-state index in [0.29, 0.717) is 18.1 Å². The summed E-state index contributed by atoms with van der Waals surface area (Å²) >= 11 is 2.98. The molecule has 1 atom stereocenters. The number of carbonyl (C=O) groups excluding carboxylic acids is 1. The summed E-state index contributed by atoms with van der Waals surface area (Å²) in [6, 6.07) is 1.99. The molecular weight excluding hydrogens is 270 g/mol. The van der Waals surface area contributed by atoms with Gasteiger partial charge in [0.15, 0.2) is 0 Å². The van der Waals surface area contributed by atoms with E-state index in [2.05, 4.69) is 0 Å². The number of hydrogen-bond acceptors (Lipinski definition) is 4. The van der Waals surface area contributed by atoms with E-state index in [1.54, 1.807) is 30.2 Å². The van der Waals surface area contributed by atoms with Gasteiger partial charge in [-0.3, -0.25) is 9.59 Å². The highest BCUT2D eigenvalue weighted by Crippen LogP contribution is 2.12. The van der Waals surface area contributed by atoms with Gasteiger partial charge in [0.25, 0.3) is 0 Å². The van der Waals surface area contributed by atoms with E-state index in [0.717, 1.165) is 5.56 Å². The molecule has 0 aliphatic carbocycles. The molecule has 0 aliphatic heterocycles. The topological polar surface area (TPSA) is 57.6 Å². The van der Waals surface area contributed by atoms with Crippen molar-refractivity contribution in [2.75, 3.05) is 18.6 Å². The van der Waals surface area contributed by atoms with Gasteiger partial charge in [0.2, 0.25) is 5.91 Å². The first-order valence-corrected chi connectivity index (χ1v) is 7.66. The number of amides is 1. The molecule has 0 saturated carbocycles. The molecule has 1 unspecified atom stereocenters. The lowest BCUT2D eigenvalue weighted by Gasteiger charge is -2.16. The van der Waals surface area contributed by atoms with Crippen LogP contribution >= 0.6 is 23.1 Å². The van der Waals surface area contributed by atoms with E-state index >= 15 is 0 Å². The molecule has 1 heterocycles. The molecule has 0 saturated heterocycles. The fourth-order valence-corrected chi connectivity index (χ4v) is 2.92. The Bertz CT molecular complexity index is 392. The molecule has 0 radical (unpaired) electrons. The predicted molar refractivity (Wildman–Crippen MR) is 74.9 cm³/mol. The van der Waals surface area contributed by atoms with Gasteiger partial charge in [-0.25, -0.2) is 0 Å². The Kier molecular flexibility index (Phi) is 6.21. The molecule has 0 fully saturated rings. The molecule has 0 aromatic carbocycles. The van der Waals surface area contributed by atoms with E-state index in [1.807, 2.05) is 16.8 Å². The number of rotatable bonds is 7. The van der Waals surface area contributed by atoms with Crippen molar-refractivity contribution in [2.45, 2.75) is 13.5 Å². The van der Waals surface area contributed by atoms with Crippen LogP contribution in [0.15, 0.2) is 16.8 Å². The largest absolute Gasteiger partial charge is 0.481 e. The zero-order valence-electron chi connectivity index (χ0n) is 10.5. The highest BCUT2D eigenvalue weighted by Gasteiger charge is 2.14. The Morgan fingerprint density at radius 2 is 2.28 bits per heavy atom. The highest BCUT2D eigenvalue weighted by molar-refractivity contribution is 7.99. The van der Waals surface area contributed by atoms with Crippen LogP contribution < -0.4 is 0 Å². The van der Waals surface area contributed by atoms with Crippen LogP contribution in [-0.2, 0) is 16.1 Å². The van der Waals surface area contributed by atoms with Crippen LogP contribution in [-0.4, -0.2) is 40.4 Å². The second-order valence-corrected chi connectivity index (χ2v) is 5.95. The fraction of sp³-hybridized carbons (Fsp3) is 0.500. The summed E-state index contributed by atoms with van der Waals surface area (Å²) in [4.78, 5) is 24.1. The van der Waals surface area contributed by atoms with E-state index in [-0.39, 0.29) is 5.91 Å². The average molecular weight is 287 g/mol. The first kappa shape index (κ1) is 15.0. The van der Waals surface area contributed by atoms with Crippen molar-refractivity contribution >= 4 is 35.0 Å². The third-order valence-corrected chi connectivity index (χ3v) is 4.36. The number of carbonyl (C=O) groups is 2. The predicted octanol–water partition coefficient (Wildman–Crippen LogP) is 2.16. The molecule has 1 N–H and O–H groups in total. The van der Waals surface area contributed by atoms with Gasteiger partial charge in [0.05, 0.1) is 11.7 Å². The van der Waals surface area contributed by atoms with Gasteiger partial charge in [-0.15, -0.1) is 0 Å². The maximum absolute atomic E-state index is 11.8. The van der Waals surface area contributed by atoms with Gasteiger partial charge in [-0.05, 0) is 22.4 Å². The second kappa shape index (κ2) is 7.43. The van der Waals surface area contributed by atoms with Gasteiger partial charge < -0.3 is 10.0 Å². The van der Waals surface area contributed by atoms with Gasteiger partial charge in [-0.1, -0.05) is 6.92 Å². The third kappa shape index (κ3) is 5.10. The fourth-order valence-electron chi connectivity index (χ4n) is 1.25. The minimum atomic E-state index is -0.818. The van der Waals surface area contributed by atoms with E-state index in [9.17, 15) is 9.59 Å². The van der Waals surface area contributed by atoms with Crippen molar-refractivity contribution in [3.05, 3.63) is 22.4 Å². The quantitative estimate of drug-likeness (QED) is 0.835. The SMILES string of the molecule is CC(CSCC(=O)N(C)Cc1ccsc1)C(=O)O. The van der Waals surface area contributed by atoms with E-state index in [1.165, 1.54) is 11.8 Å². The Morgan fingerprint density at radius 3 is 2.83 bits per heavy atom. The molecule has 0 bridgehead atoms. The van der Waals surface area contributed by atoms with Crippen LogP contribution in [0.4, 0.5) is 0 Å². The number of thioether (sulfide) groups is 1. The normalized spacial score (nSPS) is 12.1. The molecule has 1 aromatic rings. The van der Waals surface area contributed by atoms with Crippen molar-refractivity contribution in [1.82, 2.24) is 4.90 Å². The van der Waals surface area contributed by atoms with Crippen LogP contribution in [0, 0.1) is 5.92 Å². The maximum atomic E-state index is 11.8. The standard InChI is InChI=1S/C12H17NO3S2/c1-9(12(15)16)6-18-8-11(14)13(2)5-10-3-4-17-7-10/h3-4,7,9H,5-6,8H2,1-2H3,(H,15,16). The number of nitrogens with zero attached hydrogens (tertiary/aromatic N) is 1.